The third-order valence-corrected chi connectivity index (χ3v) is 13.6. The fourth-order valence-corrected chi connectivity index (χ4v) is 9.51. The molecule has 1 unspecified atom stereocenters. The Hall–Kier alpha value is -7.49. The van der Waals surface area contributed by atoms with Gasteiger partial charge in [-0.05, 0) is 126 Å². The SMILES string of the molecule is O=C(NC(c1ccccc1)c1cccc(OCc2ccc(C(=O)OCCN(Cc3ccc(Cl)cc3)C(=O)c3ccc(CNC[C@H](O)c4ccc(O)c5[nH]c(=O)ccc45)cc3)cc2)c1)O[C@H]1CN2CCC1CC2. The van der Waals surface area contributed by atoms with Crippen LogP contribution in [0.4, 0.5) is 4.79 Å². The van der Waals surface area contributed by atoms with Gasteiger partial charge in [0.1, 0.15) is 30.8 Å². The Morgan fingerprint density at radius 3 is 2.24 bits per heavy atom. The summed E-state index contributed by atoms with van der Waals surface area (Å²) in [5, 5.41) is 28.6. The van der Waals surface area contributed by atoms with E-state index in [2.05, 4.69) is 20.5 Å². The first kappa shape index (κ1) is 49.5. The van der Waals surface area contributed by atoms with E-state index in [0.29, 0.717) is 45.3 Å². The van der Waals surface area contributed by atoms with Crippen molar-refractivity contribution in [3.05, 3.63) is 212 Å². The molecular formula is C57H56ClN5O9. The second-order valence-corrected chi connectivity index (χ2v) is 18.7. The molecule has 6 aromatic carbocycles. The molecule has 4 heterocycles. The maximum Gasteiger partial charge on any atom is 0.408 e. The smallest absolute Gasteiger partial charge is 0.408 e. The van der Waals surface area contributed by atoms with Gasteiger partial charge in [0.25, 0.3) is 5.91 Å². The number of hydrogen-bond donors (Lipinski definition) is 5. The summed E-state index contributed by atoms with van der Waals surface area (Å²) in [7, 11) is 0. The Kier molecular flexibility index (Phi) is 15.9. The predicted octanol–water partition coefficient (Wildman–Crippen LogP) is 8.70. The second kappa shape index (κ2) is 23.2. The van der Waals surface area contributed by atoms with Crippen LogP contribution in [0.3, 0.4) is 0 Å². The first-order valence-corrected chi connectivity index (χ1v) is 24.5. The number of carbonyl (C=O) groups is 3. The van der Waals surface area contributed by atoms with E-state index in [4.69, 9.17) is 25.8 Å². The number of rotatable bonds is 19. The molecule has 370 valence electrons. The van der Waals surface area contributed by atoms with Crippen LogP contribution in [0.25, 0.3) is 10.9 Å². The van der Waals surface area contributed by atoms with Crippen molar-refractivity contribution in [1.82, 2.24) is 25.4 Å². The van der Waals surface area contributed by atoms with E-state index in [1.165, 1.54) is 12.1 Å². The maximum absolute atomic E-state index is 14.0. The van der Waals surface area contributed by atoms with Crippen LogP contribution in [0, 0.1) is 5.92 Å². The molecule has 5 N–H and O–H groups in total. The van der Waals surface area contributed by atoms with Crippen molar-refractivity contribution < 1.29 is 38.8 Å². The van der Waals surface area contributed by atoms with Crippen molar-refractivity contribution in [2.45, 2.75) is 50.8 Å². The molecule has 3 fully saturated rings. The molecule has 3 atom stereocenters. The predicted molar refractivity (Wildman–Crippen MR) is 274 cm³/mol. The minimum atomic E-state index is -0.923. The van der Waals surface area contributed by atoms with E-state index in [9.17, 15) is 29.4 Å². The van der Waals surface area contributed by atoms with Gasteiger partial charge in [-0.3, -0.25) is 14.5 Å². The Labute approximate surface area is 422 Å². The summed E-state index contributed by atoms with van der Waals surface area (Å²) in [4.78, 5) is 59.0. The summed E-state index contributed by atoms with van der Waals surface area (Å²) < 4.78 is 17.9. The van der Waals surface area contributed by atoms with Crippen LogP contribution in [0.5, 0.6) is 11.5 Å². The Bertz CT molecular complexity index is 3040. The number of aromatic hydroxyl groups is 1. The summed E-state index contributed by atoms with van der Waals surface area (Å²) in [5.74, 6) is 0.148. The van der Waals surface area contributed by atoms with Gasteiger partial charge in [-0.1, -0.05) is 96.5 Å². The standard InChI is InChI=1S/C57H56ClN5O9/c58-45-19-13-38(14-20-45)34-63(55(67)42-15-9-37(10-16-42)32-59-33-50(65)47-21-23-49(64)54-48(47)22-24-52(66)60-54)29-30-70-56(68)43-17-11-39(12-18-43)36-71-46-8-4-7-44(31-46)53(41-5-2-1-3-6-41)61-57(69)72-51-35-62-27-25-40(51)26-28-62/h1-24,31,40,50-51,53,59,64-65H,25-30,32-36H2,(H,60,66)(H,61,69)/t50-,51-,53?/m0/s1. The van der Waals surface area contributed by atoms with Crippen molar-refractivity contribution in [3.63, 3.8) is 0 Å². The van der Waals surface area contributed by atoms with Crippen molar-refractivity contribution in [2.24, 2.45) is 5.92 Å². The number of alkyl carbamates (subject to hydrolysis) is 1. The van der Waals surface area contributed by atoms with Crippen molar-refractivity contribution >= 4 is 40.5 Å². The zero-order valence-electron chi connectivity index (χ0n) is 39.5. The number of piperidine rings is 3. The van der Waals surface area contributed by atoms with E-state index in [-0.39, 0.29) is 61.7 Å². The number of benzene rings is 6. The summed E-state index contributed by atoms with van der Waals surface area (Å²) in [6.45, 7) is 4.05. The van der Waals surface area contributed by atoms with Gasteiger partial charge in [0.05, 0.1) is 29.8 Å². The van der Waals surface area contributed by atoms with Crippen LogP contribution in [-0.4, -0.2) is 88.4 Å². The molecule has 0 spiro atoms. The van der Waals surface area contributed by atoms with Crippen LogP contribution in [0.2, 0.25) is 5.02 Å². The molecule has 1 aromatic heterocycles. The second-order valence-electron chi connectivity index (χ2n) is 18.2. The number of fused-ring (bicyclic) bond motifs is 4. The van der Waals surface area contributed by atoms with E-state index in [1.54, 1.807) is 65.6 Å². The van der Waals surface area contributed by atoms with Crippen LogP contribution < -0.4 is 20.9 Å². The lowest BCUT2D eigenvalue weighted by molar-refractivity contribution is -0.0336. The molecule has 2 amide bonds. The number of ether oxygens (including phenoxy) is 3. The largest absolute Gasteiger partial charge is 0.506 e. The van der Waals surface area contributed by atoms with Crippen molar-refractivity contribution in [2.75, 3.05) is 39.3 Å². The topological polar surface area (TPSA) is 183 Å². The third kappa shape index (κ3) is 12.5. The highest BCUT2D eigenvalue weighted by Gasteiger charge is 2.37. The van der Waals surface area contributed by atoms with Gasteiger partial charge in [0.2, 0.25) is 5.56 Å². The number of pyridine rings is 1. The summed E-state index contributed by atoms with van der Waals surface area (Å²) in [5.41, 5.74) is 5.58. The first-order valence-electron chi connectivity index (χ1n) is 24.1. The lowest BCUT2D eigenvalue weighted by atomic mass is 9.86. The van der Waals surface area contributed by atoms with Gasteiger partial charge in [0, 0.05) is 48.2 Å². The number of aromatic amines is 1. The number of amides is 2. The van der Waals surface area contributed by atoms with Gasteiger partial charge >= 0.3 is 12.1 Å². The summed E-state index contributed by atoms with van der Waals surface area (Å²) >= 11 is 6.15. The van der Waals surface area contributed by atoms with Crippen LogP contribution in [0.1, 0.15) is 79.1 Å². The number of hydrogen-bond acceptors (Lipinski definition) is 11. The molecule has 2 bridgehead atoms. The molecule has 72 heavy (non-hydrogen) atoms. The van der Waals surface area contributed by atoms with Crippen molar-refractivity contribution in [1.29, 1.82) is 0 Å². The van der Waals surface area contributed by atoms with Crippen LogP contribution in [-0.2, 0) is 29.2 Å². The number of carbonyl (C=O) groups excluding carboxylic acids is 3. The molecule has 3 aliphatic heterocycles. The number of esters is 1. The van der Waals surface area contributed by atoms with Gasteiger partial charge < -0.3 is 44.9 Å². The Morgan fingerprint density at radius 2 is 1.50 bits per heavy atom. The normalized spacial score (nSPS) is 16.9. The minimum Gasteiger partial charge on any atom is -0.506 e. The minimum absolute atomic E-state index is 0.0493. The molecule has 0 saturated carbocycles. The average molecular weight is 991 g/mol. The molecule has 7 aromatic rings. The van der Waals surface area contributed by atoms with Gasteiger partial charge in [-0.25, -0.2) is 9.59 Å². The maximum atomic E-state index is 14.0. The zero-order valence-corrected chi connectivity index (χ0v) is 40.3. The molecule has 0 radical (unpaired) electrons. The van der Waals surface area contributed by atoms with E-state index >= 15 is 0 Å². The number of H-pyrrole nitrogens is 1. The first-order chi connectivity index (χ1) is 35.0. The number of phenols is 1. The molecular weight excluding hydrogens is 934 g/mol. The molecule has 14 nitrogen and oxygen atoms in total. The van der Waals surface area contributed by atoms with Crippen LogP contribution >= 0.6 is 11.6 Å². The molecule has 3 saturated heterocycles. The van der Waals surface area contributed by atoms with Crippen LogP contribution in [0.15, 0.2) is 156 Å². The number of aliphatic hydroxyl groups excluding tert-OH is 1. The van der Waals surface area contributed by atoms with E-state index in [1.807, 2.05) is 78.9 Å². The summed E-state index contributed by atoms with van der Waals surface area (Å²) in [6, 6.07) is 44.2. The lowest BCUT2D eigenvalue weighted by Crippen LogP contribution is -2.52. The van der Waals surface area contributed by atoms with Gasteiger partial charge in [0.15, 0.2) is 0 Å². The number of halogens is 1. The monoisotopic (exact) mass is 989 g/mol. The lowest BCUT2D eigenvalue weighted by Gasteiger charge is -2.43. The Balaban J connectivity index is 0.772. The highest BCUT2D eigenvalue weighted by molar-refractivity contribution is 6.30. The van der Waals surface area contributed by atoms with Gasteiger partial charge in [-0.15, -0.1) is 0 Å². The zero-order chi connectivity index (χ0) is 50.0. The van der Waals surface area contributed by atoms with Gasteiger partial charge in [-0.2, -0.15) is 0 Å². The number of nitrogens with one attached hydrogen (secondary N) is 3. The van der Waals surface area contributed by atoms with E-state index in [0.717, 1.165) is 60.3 Å². The summed E-state index contributed by atoms with van der Waals surface area (Å²) in [6.07, 6.45) is 0.624. The quantitative estimate of drug-likeness (QED) is 0.0489. The Morgan fingerprint density at radius 1 is 0.792 bits per heavy atom. The number of nitrogens with zero attached hydrogens (tertiary/aromatic N) is 2. The molecule has 10 rings (SSSR count). The highest BCUT2D eigenvalue weighted by atomic mass is 35.5. The average Bonchev–Trinajstić information content (AvgIpc) is 3.41. The molecule has 0 aliphatic carbocycles. The fourth-order valence-electron chi connectivity index (χ4n) is 9.38. The number of aromatic nitrogens is 1. The highest BCUT2D eigenvalue weighted by Crippen LogP contribution is 2.32. The molecule has 15 heteroatoms. The molecule has 3 aliphatic rings. The number of phenolic OH excluding ortho intramolecular Hbond substituents is 1. The third-order valence-electron chi connectivity index (χ3n) is 13.3. The van der Waals surface area contributed by atoms with Crippen molar-refractivity contribution in [3.8, 4) is 11.5 Å². The number of aliphatic hydroxyl groups is 1. The van der Waals surface area contributed by atoms with E-state index < -0.39 is 24.2 Å². The fraction of sp³-hybridized carbons (Fsp3) is 0.263.